The normalized spacial score (nSPS) is 37.2. The Bertz CT molecular complexity index is 466. The summed E-state index contributed by atoms with van der Waals surface area (Å²) in [5, 5.41) is 9.62. The minimum absolute atomic E-state index is 0.305. The van der Waals surface area contributed by atoms with Crippen molar-refractivity contribution in [2.24, 2.45) is 23.2 Å². The molecule has 3 aliphatic rings. The van der Waals surface area contributed by atoms with Gasteiger partial charge >= 0.3 is 11.9 Å². The number of rotatable bonds is 5. The van der Waals surface area contributed by atoms with Crippen LogP contribution in [-0.4, -0.2) is 22.6 Å². The van der Waals surface area contributed by atoms with E-state index in [0.717, 1.165) is 38.5 Å². The van der Waals surface area contributed by atoms with E-state index in [-0.39, 0.29) is 0 Å². The molecule has 0 aromatic rings. The van der Waals surface area contributed by atoms with Crippen LogP contribution >= 0.6 is 0 Å². The second-order valence-electron chi connectivity index (χ2n) is 7.83. The molecule has 3 rings (SSSR count). The molecule has 4 nitrogen and oxygen atoms in total. The van der Waals surface area contributed by atoms with Gasteiger partial charge in [-0.25, -0.2) is 0 Å². The summed E-state index contributed by atoms with van der Waals surface area (Å²) in [4.78, 5) is 24.6. The molecule has 0 heterocycles. The average Bonchev–Trinajstić information content (AvgIpc) is 3.21. The number of carboxylic acids is 1. The molecule has 0 aromatic heterocycles. The summed E-state index contributed by atoms with van der Waals surface area (Å²) in [6.07, 6.45) is 7.92. The van der Waals surface area contributed by atoms with Crippen LogP contribution in [0.4, 0.5) is 0 Å². The maximum absolute atomic E-state index is 12.9. The van der Waals surface area contributed by atoms with Crippen LogP contribution < -0.4 is 0 Å². The predicted molar refractivity (Wildman–Crippen MR) is 82.3 cm³/mol. The van der Waals surface area contributed by atoms with E-state index in [1.54, 1.807) is 0 Å². The fourth-order valence-electron chi connectivity index (χ4n) is 5.25. The second kappa shape index (κ2) is 5.54. The van der Waals surface area contributed by atoms with Gasteiger partial charge in [0.05, 0.1) is 0 Å². The quantitative estimate of drug-likeness (QED) is 0.620. The summed E-state index contributed by atoms with van der Waals surface area (Å²) >= 11 is 0. The van der Waals surface area contributed by atoms with Gasteiger partial charge in [-0.05, 0) is 62.7 Å². The van der Waals surface area contributed by atoms with Crippen LogP contribution in [0.25, 0.3) is 0 Å². The molecule has 4 heteroatoms. The Kier molecular flexibility index (Phi) is 3.98. The van der Waals surface area contributed by atoms with Gasteiger partial charge in [0.1, 0.15) is 5.60 Å². The van der Waals surface area contributed by atoms with Gasteiger partial charge in [0, 0.05) is 0 Å². The van der Waals surface area contributed by atoms with E-state index < -0.39 is 23.0 Å². The molecule has 3 aliphatic carbocycles. The van der Waals surface area contributed by atoms with Crippen LogP contribution in [0.15, 0.2) is 0 Å². The molecule has 4 atom stereocenters. The molecule has 0 amide bonds. The van der Waals surface area contributed by atoms with Gasteiger partial charge in [0.15, 0.2) is 5.41 Å². The predicted octanol–water partition coefficient (Wildman–Crippen LogP) is 3.78. The largest absolute Gasteiger partial charge is 0.480 e. The second-order valence-corrected chi connectivity index (χ2v) is 7.83. The molecule has 0 aliphatic heterocycles. The number of carboxylic acid groups (broad SMARTS) is 1. The first kappa shape index (κ1) is 15.8. The maximum Gasteiger partial charge on any atom is 0.324 e. The van der Waals surface area contributed by atoms with E-state index in [0.29, 0.717) is 30.6 Å². The lowest BCUT2D eigenvalue weighted by Crippen LogP contribution is -2.50. The number of carbonyl (C=O) groups is 2. The van der Waals surface area contributed by atoms with Crippen molar-refractivity contribution in [3.05, 3.63) is 0 Å². The minimum atomic E-state index is -1.28. The highest BCUT2D eigenvalue weighted by molar-refractivity contribution is 5.99. The number of fused-ring (bicyclic) bond motifs is 2. The van der Waals surface area contributed by atoms with E-state index in [4.69, 9.17) is 4.74 Å². The minimum Gasteiger partial charge on any atom is -0.480 e. The molecule has 0 saturated heterocycles. The van der Waals surface area contributed by atoms with E-state index in [2.05, 4.69) is 13.8 Å². The van der Waals surface area contributed by atoms with E-state index >= 15 is 0 Å². The lowest BCUT2D eigenvalue weighted by atomic mass is 9.74. The Hall–Kier alpha value is -1.06. The molecule has 1 N–H and O–H groups in total. The highest BCUT2D eigenvalue weighted by Crippen LogP contribution is 2.57. The first-order valence-corrected chi connectivity index (χ1v) is 8.91. The molecule has 3 fully saturated rings. The number of ether oxygens (including phenoxy) is 1. The molecular formula is C18H28O4. The number of hydrogen-bond donors (Lipinski definition) is 1. The molecule has 2 bridgehead atoms. The third-order valence-electron chi connectivity index (χ3n) is 6.83. The summed E-state index contributed by atoms with van der Waals surface area (Å²) in [5.74, 6) is -0.0402. The van der Waals surface area contributed by atoms with Crippen LogP contribution in [0.3, 0.4) is 0 Å². The van der Waals surface area contributed by atoms with E-state index in [1.807, 2.05) is 0 Å². The molecule has 124 valence electrons. The zero-order chi connectivity index (χ0) is 16.0. The van der Waals surface area contributed by atoms with E-state index in [1.165, 1.54) is 6.42 Å². The molecule has 22 heavy (non-hydrogen) atoms. The smallest absolute Gasteiger partial charge is 0.324 e. The van der Waals surface area contributed by atoms with Crippen LogP contribution in [0, 0.1) is 23.2 Å². The Morgan fingerprint density at radius 2 is 1.95 bits per heavy atom. The van der Waals surface area contributed by atoms with Crippen molar-refractivity contribution in [1.29, 1.82) is 0 Å². The van der Waals surface area contributed by atoms with Crippen molar-refractivity contribution in [3.8, 4) is 0 Å². The summed E-state index contributed by atoms with van der Waals surface area (Å²) in [6.45, 7) is 4.30. The van der Waals surface area contributed by atoms with Gasteiger partial charge in [-0.2, -0.15) is 0 Å². The van der Waals surface area contributed by atoms with Crippen LogP contribution in [0.5, 0.6) is 0 Å². The Morgan fingerprint density at radius 3 is 2.41 bits per heavy atom. The number of aliphatic carboxylic acids is 1. The van der Waals surface area contributed by atoms with Crippen LogP contribution in [-0.2, 0) is 14.3 Å². The maximum atomic E-state index is 12.9. The van der Waals surface area contributed by atoms with Gasteiger partial charge < -0.3 is 9.84 Å². The van der Waals surface area contributed by atoms with Gasteiger partial charge in [-0.15, -0.1) is 0 Å². The van der Waals surface area contributed by atoms with Crippen molar-refractivity contribution >= 4 is 11.9 Å². The summed E-state index contributed by atoms with van der Waals surface area (Å²) in [7, 11) is 0. The van der Waals surface area contributed by atoms with Crippen molar-refractivity contribution in [2.45, 2.75) is 77.2 Å². The highest BCUT2D eigenvalue weighted by Gasteiger charge is 2.59. The average molecular weight is 308 g/mol. The third kappa shape index (κ3) is 2.17. The lowest BCUT2D eigenvalue weighted by molar-refractivity contribution is -0.191. The summed E-state index contributed by atoms with van der Waals surface area (Å²) in [6, 6.07) is 0. The van der Waals surface area contributed by atoms with Crippen molar-refractivity contribution < 1.29 is 19.4 Å². The molecule has 0 aromatic carbocycles. The number of carbonyl (C=O) groups excluding carboxylic acids is 1. The topological polar surface area (TPSA) is 63.6 Å². The Balaban J connectivity index is 1.85. The van der Waals surface area contributed by atoms with Gasteiger partial charge in [-0.1, -0.05) is 26.7 Å². The molecule has 0 spiro atoms. The summed E-state index contributed by atoms with van der Waals surface area (Å²) in [5.41, 5.74) is -1.68. The lowest BCUT2D eigenvalue weighted by Gasteiger charge is -2.43. The SMILES string of the molecule is CCC(C)C1(OC(=O)C2(C(=O)O)CCCC2)CC2CCC1C2. The first-order valence-electron chi connectivity index (χ1n) is 8.91. The fourth-order valence-corrected chi connectivity index (χ4v) is 5.25. The summed E-state index contributed by atoms with van der Waals surface area (Å²) < 4.78 is 6.11. The first-order chi connectivity index (χ1) is 10.4. The van der Waals surface area contributed by atoms with E-state index in [9.17, 15) is 14.7 Å². The standard InChI is InChI=1S/C18H28O4/c1-3-12(2)18(11-13-6-7-14(18)10-13)22-16(21)17(15(19)20)8-4-5-9-17/h12-14H,3-11H2,1-2H3,(H,19,20). The number of hydrogen-bond acceptors (Lipinski definition) is 3. The van der Waals surface area contributed by atoms with Crippen molar-refractivity contribution in [3.63, 3.8) is 0 Å². The van der Waals surface area contributed by atoms with Gasteiger partial charge in [0.25, 0.3) is 0 Å². The zero-order valence-corrected chi connectivity index (χ0v) is 13.8. The zero-order valence-electron chi connectivity index (χ0n) is 13.8. The van der Waals surface area contributed by atoms with Crippen molar-refractivity contribution in [1.82, 2.24) is 0 Å². The molecule has 0 radical (unpaired) electrons. The number of esters is 1. The highest BCUT2D eigenvalue weighted by atomic mass is 16.6. The van der Waals surface area contributed by atoms with Crippen LogP contribution in [0.1, 0.15) is 71.6 Å². The monoisotopic (exact) mass is 308 g/mol. The molecule has 3 saturated carbocycles. The van der Waals surface area contributed by atoms with Crippen LogP contribution in [0.2, 0.25) is 0 Å². The molecular weight excluding hydrogens is 280 g/mol. The van der Waals surface area contributed by atoms with Gasteiger partial charge in [0.2, 0.25) is 0 Å². The molecule has 4 unspecified atom stereocenters. The Morgan fingerprint density at radius 1 is 1.27 bits per heavy atom. The third-order valence-corrected chi connectivity index (χ3v) is 6.83. The van der Waals surface area contributed by atoms with Gasteiger partial charge in [-0.3, -0.25) is 9.59 Å². The van der Waals surface area contributed by atoms with Crippen molar-refractivity contribution in [2.75, 3.05) is 0 Å². The Labute approximate surface area is 132 Å². The fraction of sp³-hybridized carbons (Fsp3) is 0.889.